The zero-order valence-corrected chi connectivity index (χ0v) is 10.0. The largest absolute Gasteiger partial charge is 0.481 e. The smallest absolute Gasteiger partial charge is 0.303 e. The molecule has 0 saturated heterocycles. The second-order valence-electron chi connectivity index (χ2n) is 1.29. The predicted octanol–water partition coefficient (Wildman–Crippen LogP) is -0.445. The number of carboxylic acid groups (broad SMARTS) is 2. The first-order valence-electron chi connectivity index (χ1n) is 2.06. The van der Waals surface area contributed by atoms with Gasteiger partial charge in [0.1, 0.15) is 0 Å². The SMILES string of the molecule is O=C(O)CCC(=O)O.[Rb]. The molecule has 0 aromatic carbocycles. The van der Waals surface area contributed by atoms with Crippen molar-refractivity contribution in [3.05, 3.63) is 0 Å². The molecule has 0 aliphatic carbocycles. The molecule has 0 rings (SSSR count). The molecule has 0 spiro atoms. The summed E-state index contributed by atoms with van der Waals surface area (Å²) in [6.07, 6.45) is -0.593. The first-order chi connectivity index (χ1) is 3.63. The summed E-state index contributed by atoms with van der Waals surface area (Å²) >= 11 is 0. The van der Waals surface area contributed by atoms with Crippen LogP contribution in [0.15, 0.2) is 0 Å². The van der Waals surface area contributed by atoms with Crippen molar-refractivity contribution >= 4 is 70.1 Å². The average Bonchev–Trinajstić information content (AvgIpc) is 1.61. The summed E-state index contributed by atoms with van der Waals surface area (Å²) < 4.78 is 0. The molecule has 0 aliphatic rings. The third-order valence-corrected chi connectivity index (χ3v) is 0.553. The average molecular weight is 204 g/mol. The van der Waals surface area contributed by atoms with Crippen LogP contribution in [0.4, 0.5) is 0 Å². The summed E-state index contributed by atoms with van der Waals surface area (Å²) in [5.41, 5.74) is 0. The normalized spacial score (nSPS) is 7.56. The van der Waals surface area contributed by atoms with Crippen LogP contribution in [-0.4, -0.2) is 80.3 Å². The molecule has 0 aliphatic heterocycles. The van der Waals surface area contributed by atoms with Crippen LogP contribution in [0.3, 0.4) is 0 Å². The van der Waals surface area contributed by atoms with Crippen LogP contribution in [0, 0.1) is 0 Å². The van der Waals surface area contributed by atoms with Crippen molar-refractivity contribution in [2.75, 3.05) is 0 Å². The van der Waals surface area contributed by atoms with Gasteiger partial charge in [-0.15, -0.1) is 0 Å². The van der Waals surface area contributed by atoms with E-state index in [1.54, 1.807) is 0 Å². The number of carboxylic acids is 2. The summed E-state index contributed by atoms with van der Waals surface area (Å²) in [5, 5.41) is 15.8. The Morgan fingerprint density at radius 3 is 1.33 bits per heavy atom. The summed E-state index contributed by atoms with van der Waals surface area (Å²) in [6.45, 7) is 0. The van der Waals surface area contributed by atoms with Gasteiger partial charge in [0.15, 0.2) is 0 Å². The topological polar surface area (TPSA) is 74.6 Å². The standard InChI is InChI=1S/C4H6O4.Rb/c5-3(6)1-2-4(7)8;/h1-2H2,(H,5,6)(H,7,8);. The molecule has 0 unspecified atom stereocenters. The van der Waals surface area contributed by atoms with Gasteiger partial charge in [0.2, 0.25) is 0 Å². The molecular formula is C4H6O4Rb. The van der Waals surface area contributed by atoms with Crippen molar-refractivity contribution in [1.29, 1.82) is 0 Å². The molecule has 1 radical (unpaired) electrons. The molecule has 0 amide bonds. The van der Waals surface area contributed by atoms with Gasteiger partial charge in [0.05, 0.1) is 12.8 Å². The molecule has 2 N–H and O–H groups in total. The maximum atomic E-state index is 9.64. The van der Waals surface area contributed by atoms with Gasteiger partial charge in [-0.2, -0.15) is 0 Å². The van der Waals surface area contributed by atoms with E-state index in [2.05, 4.69) is 0 Å². The van der Waals surface area contributed by atoms with E-state index >= 15 is 0 Å². The summed E-state index contributed by atoms with van der Waals surface area (Å²) in [7, 11) is 0. The van der Waals surface area contributed by atoms with Crippen LogP contribution < -0.4 is 0 Å². The number of aliphatic carboxylic acids is 2. The van der Waals surface area contributed by atoms with Crippen molar-refractivity contribution in [3.8, 4) is 0 Å². The van der Waals surface area contributed by atoms with Crippen LogP contribution >= 0.6 is 0 Å². The van der Waals surface area contributed by atoms with Crippen molar-refractivity contribution < 1.29 is 19.8 Å². The van der Waals surface area contributed by atoms with Crippen LogP contribution in [-0.2, 0) is 9.59 Å². The Labute approximate surface area is 101 Å². The molecule has 0 aromatic heterocycles. The van der Waals surface area contributed by atoms with E-state index in [4.69, 9.17) is 10.2 Å². The van der Waals surface area contributed by atoms with E-state index in [9.17, 15) is 9.59 Å². The second-order valence-corrected chi connectivity index (χ2v) is 1.29. The van der Waals surface area contributed by atoms with Gasteiger partial charge < -0.3 is 10.2 Å². The zero-order valence-electron chi connectivity index (χ0n) is 5.13. The monoisotopic (exact) mass is 203 g/mol. The Hall–Kier alpha value is 0.745. The van der Waals surface area contributed by atoms with Crippen molar-refractivity contribution in [1.82, 2.24) is 0 Å². The van der Waals surface area contributed by atoms with Gasteiger partial charge in [-0.1, -0.05) is 0 Å². The minimum Gasteiger partial charge on any atom is -0.481 e. The summed E-state index contributed by atoms with van der Waals surface area (Å²) in [5.74, 6) is -2.15. The van der Waals surface area contributed by atoms with Crippen molar-refractivity contribution in [2.24, 2.45) is 0 Å². The fourth-order valence-electron chi connectivity index (χ4n) is 0.214. The van der Waals surface area contributed by atoms with E-state index in [1.165, 1.54) is 0 Å². The zero-order chi connectivity index (χ0) is 6.57. The van der Waals surface area contributed by atoms with E-state index < -0.39 is 11.9 Å². The van der Waals surface area contributed by atoms with Crippen LogP contribution in [0.2, 0.25) is 0 Å². The van der Waals surface area contributed by atoms with E-state index in [-0.39, 0.29) is 71.0 Å². The van der Waals surface area contributed by atoms with Crippen LogP contribution in [0.1, 0.15) is 12.8 Å². The molecule has 0 saturated carbocycles. The Morgan fingerprint density at radius 2 is 1.22 bits per heavy atom. The Morgan fingerprint density at radius 1 is 1.00 bits per heavy atom. The van der Waals surface area contributed by atoms with Gasteiger partial charge in [-0.3, -0.25) is 9.59 Å². The Bertz CT molecular complexity index is 97.1. The molecule has 5 heteroatoms. The fraction of sp³-hybridized carbons (Fsp3) is 0.500. The third kappa shape index (κ3) is 12.1. The minimum atomic E-state index is -1.08. The number of hydrogen-bond donors (Lipinski definition) is 2. The Balaban J connectivity index is 0. The summed E-state index contributed by atoms with van der Waals surface area (Å²) in [6, 6.07) is 0. The van der Waals surface area contributed by atoms with Crippen molar-refractivity contribution in [3.63, 3.8) is 0 Å². The molecule has 47 valence electrons. The van der Waals surface area contributed by atoms with E-state index in [0.29, 0.717) is 0 Å². The molecule has 4 nitrogen and oxygen atoms in total. The van der Waals surface area contributed by atoms with Gasteiger partial charge in [-0.25, -0.2) is 0 Å². The molecule has 0 aromatic rings. The molecule has 0 fully saturated rings. The van der Waals surface area contributed by atoms with E-state index in [0.717, 1.165) is 0 Å². The van der Waals surface area contributed by atoms with Crippen molar-refractivity contribution in [2.45, 2.75) is 12.8 Å². The van der Waals surface area contributed by atoms with Gasteiger partial charge in [-0.05, 0) is 0 Å². The Kier molecular flexibility index (Phi) is 9.47. The maximum Gasteiger partial charge on any atom is 0.303 e. The molecule has 0 atom stereocenters. The molecule has 0 heterocycles. The first-order valence-corrected chi connectivity index (χ1v) is 2.06. The number of hydrogen-bond acceptors (Lipinski definition) is 2. The predicted molar refractivity (Wildman–Crippen MR) is 30.3 cm³/mol. The van der Waals surface area contributed by atoms with Gasteiger partial charge in [0, 0.05) is 58.2 Å². The number of carbonyl (C=O) groups is 2. The second kappa shape index (κ2) is 6.86. The number of rotatable bonds is 3. The van der Waals surface area contributed by atoms with Gasteiger partial charge >= 0.3 is 11.9 Å². The fourth-order valence-corrected chi connectivity index (χ4v) is 0.214. The first kappa shape index (κ1) is 12.4. The quantitative estimate of drug-likeness (QED) is 0.652. The molecule has 9 heavy (non-hydrogen) atoms. The summed E-state index contributed by atoms with van der Waals surface area (Å²) in [4.78, 5) is 19.3. The third-order valence-electron chi connectivity index (χ3n) is 0.553. The molecular weight excluding hydrogens is 198 g/mol. The molecule has 0 bridgehead atoms. The van der Waals surface area contributed by atoms with Gasteiger partial charge in [0.25, 0.3) is 0 Å². The minimum absolute atomic E-state index is 0. The van der Waals surface area contributed by atoms with Crippen LogP contribution in [0.5, 0.6) is 0 Å². The van der Waals surface area contributed by atoms with E-state index in [1.807, 2.05) is 0 Å². The van der Waals surface area contributed by atoms with Crippen LogP contribution in [0.25, 0.3) is 0 Å². The maximum absolute atomic E-state index is 9.64.